The van der Waals surface area contributed by atoms with Crippen molar-refractivity contribution < 1.29 is 13.9 Å². The highest BCUT2D eigenvalue weighted by Gasteiger charge is 2.14. The number of hydrogen-bond donors (Lipinski definition) is 2. The zero-order valence-electron chi connectivity index (χ0n) is 11.5. The number of esters is 1. The summed E-state index contributed by atoms with van der Waals surface area (Å²) in [6, 6.07) is 5.28. The van der Waals surface area contributed by atoms with Gasteiger partial charge in [0.1, 0.15) is 22.9 Å². The zero-order chi connectivity index (χ0) is 14.5. The Bertz CT molecular complexity index is 607. The van der Waals surface area contributed by atoms with Gasteiger partial charge in [-0.2, -0.15) is 0 Å². The van der Waals surface area contributed by atoms with Gasteiger partial charge >= 0.3 is 5.97 Å². The molecule has 6 nitrogen and oxygen atoms in total. The van der Waals surface area contributed by atoms with Gasteiger partial charge in [0.05, 0.1) is 25.0 Å². The van der Waals surface area contributed by atoms with Crippen molar-refractivity contribution in [2.75, 3.05) is 17.7 Å². The second-order valence-corrected chi connectivity index (χ2v) is 4.25. The molecule has 0 aliphatic heterocycles. The molecule has 0 atom stereocenters. The van der Waals surface area contributed by atoms with Gasteiger partial charge in [0, 0.05) is 0 Å². The SMILES string of the molecule is CCOC(=O)c1cc(N)cnc1NCc1ccc(C)o1. The average molecular weight is 275 g/mol. The molecule has 0 aliphatic rings. The average Bonchev–Trinajstić information content (AvgIpc) is 2.83. The lowest BCUT2D eigenvalue weighted by atomic mass is 10.2. The minimum absolute atomic E-state index is 0.296. The first-order chi connectivity index (χ1) is 9.60. The summed E-state index contributed by atoms with van der Waals surface area (Å²) in [5.41, 5.74) is 6.38. The van der Waals surface area contributed by atoms with E-state index in [-0.39, 0.29) is 0 Å². The summed E-state index contributed by atoms with van der Waals surface area (Å²) < 4.78 is 10.4. The molecule has 3 N–H and O–H groups in total. The number of nitrogens with zero attached hydrogens (tertiary/aromatic N) is 1. The third-order valence-electron chi connectivity index (χ3n) is 2.63. The van der Waals surface area contributed by atoms with E-state index in [4.69, 9.17) is 14.9 Å². The molecule has 0 amide bonds. The molecule has 20 heavy (non-hydrogen) atoms. The molecule has 2 heterocycles. The van der Waals surface area contributed by atoms with Crippen LogP contribution in [0.25, 0.3) is 0 Å². The quantitative estimate of drug-likeness (QED) is 0.814. The van der Waals surface area contributed by atoms with Crippen LogP contribution in [-0.4, -0.2) is 17.6 Å². The molecule has 0 bridgehead atoms. The number of nitrogens with one attached hydrogen (secondary N) is 1. The van der Waals surface area contributed by atoms with Crippen molar-refractivity contribution in [3.8, 4) is 0 Å². The summed E-state index contributed by atoms with van der Waals surface area (Å²) in [5, 5.41) is 3.05. The number of furan rings is 1. The molecular formula is C14H17N3O3. The van der Waals surface area contributed by atoms with Crippen molar-refractivity contribution in [2.24, 2.45) is 0 Å². The molecule has 0 saturated heterocycles. The van der Waals surface area contributed by atoms with Crippen molar-refractivity contribution in [2.45, 2.75) is 20.4 Å². The van der Waals surface area contributed by atoms with Crippen LogP contribution in [0.3, 0.4) is 0 Å². The Labute approximate surface area is 116 Å². The summed E-state index contributed by atoms with van der Waals surface area (Å²) in [6.45, 7) is 4.34. The highest BCUT2D eigenvalue weighted by atomic mass is 16.5. The van der Waals surface area contributed by atoms with Crippen LogP contribution in [0, 0.1) is 6.92 Å². The maximum absolute atomic E-state index is 11.9. The van der Waals surface area contributed by atoms with Crippen LogP contribution in [0.15, 0.2) is 28.8 Å². The van der Waals surface area contributed by atoms with Crippen LogP contribution in [0.1, 0.15) is 28.8 Å². The predicted octanol–water partition coefficient (Wildman–Crippen LogP) is 2.35. The summed E-state index contributed by atoms with van der Waals surface area (Å²) >= 11 is 0. The normalized spacial score (nSPS) is 10.3. The lowest BCUT2D eigenvalue weighted by molar-refractivity contribution is 0.0527. The van der Waals surface area contributed by atoms with Crippen LogP contribution in [0.5, 0.6) is 0 Å². The zero-order valence-corrected chi connectivity index (χ0v) is 11.5. The van der Waals surface area contributed by atoms with E-state index in [9.17, 15) is 4.79 Å². The number of carbonyl (C=O) groups excluding carboxylic acids is 1. The highest BCUT2D eigenvalue weighted by Crippen LogP contribution is 2.18. The highest BCUT2D eigenvalue weighted by molar-refractivity contribution is 5.95. The van der Waals surface area contributed by atoms with E-state index in [1.54, 1.807) is 13.0 Å². The van der Waals surface area contributed by atoms with Crippen molar-refractivity contribution in [1.82, 2.24) is 4.98 Å². The summed E-state index contributed by atoms with van der Waals surface area (Å²) in [7, 11) is 0. The van der Waals surface area contributed by atoms with Gasteiger partial charge in [-0.1, -0.05) is 0 Å². The molecule has 2 aromatic rings. The molecule has 6 heteroatoms. The molecule has 0 fully saturated rings. The molecular weight excluding hydrogens is 258 g/mol. The maximum Gasteiger partial charge on any atom is 0.341 e. The lowest BCUT2D eigenvalue weighted by Gasteiger charge is -2.10. The van der Waals surface area contributed by atoms with E-state index in [2.05, 4.69) is 10.3 Å². The minimum Gasteiger partial charge on any atom is -0.465 e. The van der Waals surface area contributed by atoms with Gasteiger partial charge in [-0.3, -0.25) is 0 Å². The first-order valence-electron chi connectivity index (χ1n) is 6.32. The summed E-state index contributed by atoms with van der Waals surface area (Å²) in [4.78, 5) is 16.0. The number of carbonyl (C=O) groups is 1. The van der Waals surface area contributed by atoms with Gasteiger partial charge in [-0.05, 0) is 32.0 Å². The molecule has 0 spiro atoms. The Hall–Kier alpha value is -2.50. The van der Waals surface area contributed by atoms with Crippen LogP contribution in [-0.2, 0) is 11.3 Å². The van der Waals surface area contributed by atoms with Gasteiger partial charge in [0.15, 0.2) is 0 Å². The molecule has 0 unspecified atom stereocenters. The second kappa shape index (κ2) is 6.10. The fraction of sp³-hybridized carbons (Fsp3) is 0.286. The first kappa shape index (κ1) is 13.9. The second-order valence-electron chi connectivity index (χ2n) is 4.25. The van der Waals surface area contributed by atoms with Crippen molar-refractivity contribution in [1.29, 1.82) is 0 Å². The van der Waals surface area contributed by atoms with E-state index >= 15 is 0 Å². The molecule has 0 saturated carbocycles. The molecule has 2 rings (SSSR count). The number of aryl methyl sites for hydroxylation is 1. The molecule has 106 valence electrons. The Morgan fingerprint density at radius 2 is 2.30 bits per heavy atom. The van der Waals surface area contributed by atoms with Crippen LogP contribution in [0.2, 0.25) is 0 Å². The van der Waals surface area contributed by atoms with E-state index in [1.165, 1.54) is 6.20 Å². The number of aromatic nitrogens is 1. The standard InChI is InChI=1S/C14H17N3O3/c1-3-19-14(18)12-6-10(15)7-16-13(12)17-8-11-5-4-9(2)20-11/h4-7H,3,8,15H2,1-2H3,(H,16,17). The van der Waals surface area contributed by atoms with Crippen molar-refractivity contribution >= 4 is 17.5 Å². The molecule has 0 aromatic carbocycles. The van der Waals surface area contributed by atoms with Gasteiger partial charge in [0.2, 0.25) is 0 Å². The number of hydrogen-bond acceptors (Lipinski definition) is 6. The van der Waals surface area contributed by atoms with Crippen LogP contribution < -0.4 is 11.1 Å². The monoisotopic (exact) mass is 275 g/mol. The summed E-state index contributed by atoms with van der Waals surface area (Å²) in [6.07, 6.45) is 1.48. The maximum atomic E-state index is 11.9. The predicted molar refractivity (Wildman–Crippen MR) is 75.4 cm³/mol. The topological polar surface area (TPSA) is 90.4 Å². The Kier molecular flexibility index (Phi) is 4.24. The number of rotatable bonds is 5. The first-order valence-corrected chi connectivity index (χ1v) is 6.32. The fourth-order valence-corrected chi connectivity index (χ4v) is 1.74. The Morgan fingerprint density at radius 1 is 1.50 bits per heavy atom. The largest absolute Gasteiger partial charge is 0.465 e. The fourth-order valence-electron chi connectivity index (χ4n) is 1.74. The summed E-state index contributed by atoms with van der Waals surface area (Å²) in [5.74, 6) is 1.56. The van der Waals surface area contributed by atoms with E-state index < -0.39 is 5.97 Å². The smallest absolute Gasteiger partial charge is 0.341 e. The van der Waals surface area contributed by atoms with E-state index in [0.29, 0.717) is 30.2 Å². The molecule has 0 aliphatic carbocycles. The van der Waals surface area contributed by atoms with E-state index in [1.807, 2.05) is 19.1 Å². The van der Waals surface area contributed by atoms with Crippen LogP contribution >= 0.6 is 0 Å². The number of pyridine rings is 1. The molecule has 0 radical (unpaired) electrons. The van der Waals surface area contributed by atoms with E-state index in [0.717, 1.165) is 11.5 Å². The number of nitrogen functional groups attached to an aromatic ring is 1. The van der Waals surface area contributed by atoms with Gasteiger partial charge < -0.3 is 20.2 Å². The van der Waals surface area contributed by atoms with Crippen LogP contribution in [0.4, 0.5) is 11.5 Å². The Balaban J connectivity index is 2.16. The third-order valence-corrected chi connectivity index (χ3v) is 2.63. The Morgan fingerprint density at radius 3 is 2.95 bits per heavy atom. The van der Waals surface area contributed by atoms with Gasteiger partial charge in [-0.15, -0.1) is 0 Å². The van der Waals surface area contributed by atoms with Gasteiger partial charge in [-0.25, -0.2) is 9.78 Å². The number of nitrogens with two attached hydrogens (primary N) is 1. The number of ether oxygens (including phenoxy) is 1. The third kappa shape index (κ3) is 3.28. The lowest BCUT2D eigenvalue weighted by Crippen LogP contribution is -2.12. The molecule has 2 aromatic heterocycles. The minimum atomic E-state index is -0.453. The van der Waals surface area contributed by atoms with Crippen molar-refractivity contribution in [3.63, 3.8) is 0 Å². The number of anilines is 2. The van der Waals surface area contributed by atoms with Gasteiger partial charge in [0.25, 0.3) is 0 Å². The van der Waals surface area contributed by atoms with Crippen molar-refractivity contribution in [3.05, 3.63) is 41.5 Å².